The van der Waals surface area contributed by atoms with Gasteiger partial charge in [0.15, 0.2) is 0 Å². The average molecular weight is 379 g/mol. The summed E-state index contributed by atoms with van der Waals surface area (Å²) in [5.74, 6) is 0.149. The molecule has 0 spiro atoms. The number of nitro groups is 1. The Kier molecular flexibility index (Phi) is 4.38. The second-order valence-electron chi connectivity index (χ2n) is 6.72. The number of ether oxygens (including phenoxy) is 1. The molecule has 0 amide bonds. The van der Waals surface area contributed by atoms with Crippen LogP contribution in [0.2, 0.25) is 0 Å². The Balaban J connectivity index is 1.60. The van der Waals surface area contributed by atoms with Crippen molar-refractivity contribution in [2.75, 3.05) is 0 Å². The van der Waals surface area contributed by atoms with Crippen LogP contribution in [0.3, 0.4) is 0 Å². The van der Waals surface area contributed by atoms with Crippen molar-refractivity contribution in [1.82, 2.24) is 9.55 Å². The number of aryl methyl sites for hydroxylation is 1. The molecule has 1 aliphatic heterocycles. The van der Waals surface area contributed by atoms with E-state index in [-0.39, 0.29) is 16.8 Å². The molecule has 1 aromatic heterocycles. The van der Waals surface area contributed by atoms with E-state index in [1.165, 1.54) is 18.2 Å². The molecule has 0 bridgehead atoms. The first-order chi connectivity index (χ1) is 13.4. The van der Waals surface area contributed by atoms with Crippen LogP contribution in [0.4, 0.5) is 5.69 Å². The SMILES string of the molecule is C[C@@H](OC(=O)c1ccc2c(=O)n3c(nc2c1)CCC3)c1cccc([N+](=O)[O-])c1. The number of fused-ring (bicyclic) bond motifs is 2. The Morgan fingerprint density at radius 2 is 2.11 bits per heavy atom. The number of nitrogens with zero attached hydrogens (tertiary/aromatic N) is 3. The van der Waals surface area contributed by atoms with Gasteiger partial charge in [-0.2, -0.15) is 0 Å². The molecule has 1 aliphatic rings. The summed E-state index contributed by atoms with van der Waals surface area (Å²) in [7, 11) is 0. The summed E-state index contributed by atoms with van der Waals surface area (Å²) < 4.78 is 7.13. The number of hydrogen-bond donors (Lipinski definition) is 0. The Morgan fingerprint density at radius 1 is 1.29 bits per heavy atom. The molecule has 142 valence electrons. The van der Waals surface area contributed by atoms with Gasteiger partial charge in [0.05, 0.1) is 21.4 Å². The van der Waals surface area contributed by atoms with Gasteiger partial charge in [0, 0.05) is 25.1 Å². The molecule has 0 N–H and O–H groups in total. The number of aromatic nitrogens is 2. The van der Waals surface area contributed by atoms with Gasteiger partial charge in [-0.15, -0.1) is 0 Å². The molecule has 3 aromatic rings. The van der Waals surface area contributed by atoms with Gasteiger partial charge in [-0.3, -0.25) is 19.5 Å². The third kappa shape index (κ3) is 3.13. The molecule has 8 nitrogen and oxygen atoms in total. The molecule has 28 heavy (non-hydrogen) atoms. The minimum Gasteiger partial charge on any atom is -0.454 e. The minimum atomic E-state index is -0.665. The predicted molar refractivity (Wildman–Crippen MR) is 101 cm³/mol. The number of nitro benzene ring substituents is 1. The van der Waals surface area contributed by atoms with Crippen molar-refractivity contribution in [2.45, 2.75) is 32.4 Å². The lowest BCUT2D eigenvalue weighted by Gasteiger charge is -2.14. The monoisotopic (exact) mass is 379 g/mol. The summed E-state index contributed by atoms with van der Waals surface area (Å²) in [6.45, 7) is 2.32. The van der Waals surface area contributed by atoms with Crippen LogP contribution in [-0.4, -0.2) is 20.4 Å². The Labute approximate surface area is 159 Å². The van der Waals surface area contributed by atoms with Crippen LogP contribution < -0.4 is 5.56 Å². The van der Waals surface area contributed by atoms with Gasteiger partial charge in [-0.25, -0.2) is 9.78 Å². The van der Waals surface area contributed by atoms with Crippen LogP contribution in [0.1, 0.15) is 41.2 Å². The number of esters is 1. The average Bonchev–Trinajstić information content (AvgIpc) is 3.16. The highest BCUT2D eigenvalue weighted by molar-refractivity contribution is 5.94. The van der Waals surface area contributed by atoms with Gasteiger partial charge < -0.3 is 4.74 Å². The summed E-state index contributed by atoms with van der Waals surface area (Å²) in [5, 5.41) is 11.4. The molecule has 0 radical (unpaired) electrons. The molecule has 4 rings (SSSR count). The van der Waals surface area contributed by atoms with Crippen molar-refractivity contribution in [1.29, 1.82) is 0 Å². The Bertz CT molecular complexity index is 1170. The van der Waals surface area contributed by atoms with E-state index in [4.69, 9.17) is 4.74 Å². The first-order valence-corrected chi connectivity index (χ1v) is 8.93. The zero-order chi connectivity index (χ0) is 19.8. The van der Waals surface area contributed by atoms with E-state index in [1.807, 2.05) is 0 Å². The van der Waals surface area contributed by atoms with Gasteiger partial charge in [-0.1, -0.05) is 12.1 Å². The van der Waals surface area contributed by atoms with E-state index in [2.05, 4.69) is 4.98 Å². The van der Waals surface area contributed by atoms with Crippen molar-refractivity contribution in [3.8, 4) is 0 Å². The lowest BCUT2D eigenvalue weighted by molar-refractivity contribution is -0.385. The maximum absolute atomic E-state index is 12.5. The molecule has 8 heteroatoms. The quantitative estimate of drug-likeness (QED) is 0.392. The number of carbonyl (C=O) groups is 1. The zero-order valence-electron chi connectivity index (χ0n) is 15.1. The van der Waals surface area contributed by atoms with E-state index >= 15 is 0 Å². The number of benzene rings is 2. The molecule has 0 saturated heterocycles. The lowest BCUT2D eigenvalue weighted by atomic mass is 10.1. The van der Waals surface area contributed by atoms with E-state index in [0.717, 1.165) is 18.7 Å². The predicted octanol–water partition coefficient (Wildman–Crippen LogP) is 3.17. The maximum atomic E-state index is 12.5. The topological polar surface area (TPSA) is 104 Å². The smallest absolute Gasteiger partial charge is 0.338 e. The van der Waals surface area contributed by atoms with E-state index in [0.29, 0.717) is 23.0 Å². The van der Waals surface area contributed by atoms with Crippen LogP contribution in [0, 0.1) is 10.1 Å². The first kappa shape index (κ1) is 17.8. The normalized spacial score (nSPS) is 13.9. The van der Waals surface area contributed by atoms with Crippen molar-refractivity contribution in [3.05, 3.63) is 79.9 Å². The number of carbonyl (C=O) groups excluding carboxylic acids is 1. The standard InChI is InChI=1S/C20H17N3O5/c1-12(13-4-2-5-15(10-13)23(26)27)28-20(25)14-7-8-16-17(11-14)21-18-6-3-9-22(18)19(16)24/h2,4-5,7-8,10-12H,3,6,9H2,1H3/t12-/m1/s1. The van der Waals surface area contributed by atoms with E-state index in [1.54, 1.807) is 35.8 Å². The van der Waals surface area contributed by atoms with Crippen LogP contribution in [0.15, 0.2) is 47.3 Å². The molecular formula is C20H17N3O5. The number of non-ortho nitro benzene ring substituents is 1. The van der Waals surface area contributed by atoms with Crippen molar-refractivity contribution in [2.24, 2.45) is 0 Å². The van der Waals surface area contributed by atoms with Gasteiger partial charge in [0.2, 0.25) is 0 Å². The van der Waals surface area contributed by atoms with Crippen LogP contribution in [-0.2, 0) is 17.7 Å². The molecule has 2 aromatic carbocycles. The summed E-state index contributed by atoms with van der Waals surface area (Å²) in [6, 6.07) is 10.6. The van der Waals surface area contributed by atoms with Crippen molar-refractivity contribution >= 4 is 22.6 Å². The first-order valence-electron chi connectivity index (χ1n) is 8.93. The number of rotatable bonds is 4. The third-order valence-electron chi connectivity index (χ3n) is 4.89. The van der Waals surface area contributed by atoms with Crippen LogP contribution in [0.5, 0.6) is 0 Å². The fraction of sp³-hybridized carbons (Fsp3) is 0.250. The highest BCUT2D eigenvalue weighted by Crippen LogP contribution is 2.23. The molecule has 0 fully saturated rings. The molecule has 0 saturated carbocycles. The fourth-order valence-electron chi connectivity index (χ4n) is 3.40. The van der Waals surface area contributed by atoms with Crippen LogP contribution >= 0.6 is 0 Å². The molecular weight excluding hydrogens is 362 g/mol. The number of hydrogen-bond acceptors (Lipinski definition) is 6. The molecule has 2 heterocycles. The lowest BCUT2D eigenvalue weighted by Crippen LogP contribution is -2.21. The van der Waals surface area contributed by atoms with Crippen molar-refractivity contribution in [3.63, 3.8) is 0 Å². The maximum Gasteiger partial charge on any atom is 0.338 e. The third-order valence-corrected chi connectivity index (χ3v) is 4.89. The van der Waals surface area contributed by atoms with Gasteiger partial charge >= 0.3 is 5.97 Å². The largest absolute Gasteiger partial charge is 0.454 e. The van der Waals surface area contributed by atoms with Crippen LogP contribution in [0.25, 0.3) is 10.9 Å². The second-order valence-corrected chi connectivity index (χ2v) is 6.72. The second kappa shape index (κ2) is 6.88. The summed E-state index contributed by atoms with van der Waals surface area (Å²) >= 11 is 0. The Hall–Kier alpha value is -3.55. The summed E-state index contributed by atoms with van der Waals surface area (Å²) in [4.78, 5) is 40.0. The zero-order valence-corrected chi connectivity index (χ0v) is 15.1. The van der Waals surface area contributed by atoms with E-state index < -0.39 is 17.0 Å². The highest BCUT2D eigenvalue weighted by atomic mass is 16.6. The summed E-state index contributed by atoms with van der Waals surface area (Å²) in [5.41, 5.74) is 1.11. The Morgan fingerprint density at radius 3 is 2.89 bits per heavy atom. The van der Waals surface area contributed by atoms with Gasteiger partial charge in [0.1, 0.15) is 11.9 Å². The molecule has 1 atom stereocenters. The van der Waals surface area contributed by atoms with Gasteiger partial charge in [0.25, 0.3) is 11.2 Å². The van der Waals surface area contributed by atoms with Crippen molar-refractivity contribution < 1.29 is 14.5 Å². The van der Waals surface area contributed by atoms with E-state index in [9.17, 15) is 19.7 Å². The summed E-state index contributed by atoms with van der Waals surface area (Å²) in [6.07, 6.45) is 0.958. The van der Waals surface area contributed by atoms with Gasteiger partial charge in [-0.05, 0) is 37.1 Å². The molecule has 0 aliphatic carbocycles. The highest BCUT2D eigenvalue weighted by Gasteiger charge is 2.19. The molecule has 0 unspecified atom stereocenters. The minimum absolute atomic E-state index is 0.0652. The fourth-order valence-corrected chi connectivity index (χ4v) is 3.40.